The van der Waals surface area contributed by atoms with Crippen molar-refractivity contribution >= 4 is 17.6 Å². The lowest BCUT2D eigenvalue weighted by atomic mass is 9.96. The van der Waals surface area contributed by atoms with Gasteiger partial charge in [0.1, 0.15) is 0 Å². The number of anilines is 1. The summed E-state index contributed by atoms with van der Waals surface area (Å²) in [6.45, 7) is 0.212. The van der Waals surface area contributed by atoms with Crippen LogP contribution in [-0.4, -0.2) is 29.1 Å². The average Bonchev–Trinajstić information content (AvgIpc) is 2.54. The van der Waals surface area contributed by atoms with E-state index >= 15 is 0 Å². The van der Waals surface area contributed by atoms with Crippen LogP contribution in [0.15, 0.2) is 60.7 Å². The lowest BCUT2D eigenvalue weighted by molar-refractivity contribution is -0.158. The van der Waals surface area contributed by atoms with Gasteiger partial charge in [0.25, 0.3) is 5.91 Å². The highest BCUT2D eigenvalue weighted by Gasteiger charge is 2.53. The van der Waals surface area contributed by atoms with Crippen molar-refractivity contribution in [3.05, 3.63) is 66.2 Å². The van der Waals surface area contributed by atoms with E-state index in [1.54, 1.807) is 24.3 Å². The topological polar surface area (TPSA) is 66.8 Å². The molecule has 2 unspecified atom stereocenters. The zero-order valence-corrected chi connectivity index (χ0v) is 11.8. The number of hydrogen-bond donors (Lipinski definition) is 1. The maximum Gasteiger partial charge on any atom is 0.330 e. The lowest BCUT2D eigenvalue weighted by Gasteiger charge is -2.43. The highest BCUT2D eigenvalue weighted by molar-refractivity contribution is 6.12. The number of β-lactam (4-membered cyclic amide) rings is 1. The average molecular weight is 297 g/mol. The fraction of sp³-hybridized carbons (Fsp3) is 0.176. The summed E-state index contributed by atoms with van der Waals surface area (Å²) in [7, 11) is 0. The predicted octanol–water partition coefficient (Wildman–Crippen LogP) is 2.07. The number of carbonyl (C=O) groups is 2. The van der Waals surface area contributed by atoms with Crippen LogP contribution in [0.3, 0.4) is 0 Å². The van der Waals surface area contributed by atoms with Gasteiger partial charge in [-0.05, 0) is 17.7 Å². The Hall–Kier alpha value is -2.66. The van der Waals surface area contributed by atoms with E-state index in [9.17, 15) is 14.7 Å². The van der Waals surface area contributed by atoms with Gasteiger partial charge >= 0.3 is 5.97 Å². The highest BCUT2D eigenvalue weighted by atomic mass is 16.5. The molecule has 0 bridgehead atoms. The first-order valence-electron chi connectivity index (χ1n) is 6.95. The van der Waals surface area contributed by atoms with E-state index in [1.807, 2.05) is 36.4 Å². The van der Waals surface area contributed by atoms with Crippen molar-refractivity contribution in [3.63, 3.8) is 0 Å². The predicted molar refractivity (Wildman–Crippen MR) is 80.4 cm³/mol. The Morgan fingerprint density at radius 2 is 1.64 bits per heavy atom. The number of carbonyl (C=O) groups excluding carboxylic acids is 1. The van der Waals surface area contributed by atoms with Gasteiger partial charge in [0.15, 0.2) is 12.1 Å². The second kappa shape index (κ2) is 5.99. The number of ether oxygens (including phenoxy) is 1. The SMILES string of the molecule is O=C(O)C1C(OCc2ccccc2)C(=O)N1c1ccccc1. The highest BCUT2D eigenvalue weighted by Crippen LogP contribution is 2.30. The first-order valence-corrected chi connectivity index (χ1v) is 6.95. The molecule has 0 spiro atoms. The van der Waals surface area contributed by atoms with Gasteiger partial charge in [-0.25, -0.2) is 4.79 Å². The van der Waals surface area contributed by atoms with Crippen molar-refractivity contribution in [2.24, 2.45) is 0 Å². The summed E-state index contributed by atoms with van der Waals surface area (Å²) in [5.41, 5.74) is 1.47. The van der Waals surface area contributed by atoms with Crippen LogP contribution in [0.2, 0.25) is 0 Å². The molecule has 2 aromatic carbocycles. The Labute approximate surface area is 127 Å². The zero-order chi connectivity index (χ0) is 15.5. The Morgan fingerprint density at radius 3 is 2.23 bits per heavy atom. The normalized spacial score (nSPS) is 20.5. The molecule has 1 aliphatic rings. The Balaban J connectivity index is 1.73. The van der Waals surface area contributed by atoms with Gasteiger partial charge in [0.2, 0.25) is 0 Å². The maximum atomic E-state index is 12.2. The standard InChI is InChI=1S/C17H15NO4/c19-16-15(22-11-12-7-3-1-4-8-12)14(17(20)21)18(16)13-9-5-2-6-10-13/h1-10,14-15H,11H2,(H,20,21). The molecule has 2 atom stereocenters. The largest absolute Gasteiger partial charge is 0.480 e. The van der Waals surface area contributed by atoms with Crippen LogP contribution in [0.5, 0.6) is 0 Å². The third-order valence-corrected chi connectivity index (χ3v) is 3.61. The lowest BCUT2D eigenvalue weighted by Crippen LogP contribution is -2.69. The van der Waals surface area contributed by atoms with Crippen LogP contribution in [0.1, 0.15) is 5.56 Å². The molecule has 1 heterocycles. The summed E-state index contributed by atoms with van der Waals surface area (Å²) in [5.74, 6) is -1.39. The van der Waals surface area contributed by atoms with Crippen LogP contribution < -0.4 is 4.90 Å². The Bertz CT molecular complexity index is 672. The molecule has 2 aromatic rings. The Kier molecular flexibility index (Phi) is 3.89. The van der Waals surface area contributed by atoms with Crippen molar-refractivity contribution < 1.29 is 19.4 Å². The van der Waals surface area contributed by atoms with E-state index in [2.05, 4.69) is 0 Å². The molecule has 1 aliphatic heterocycles. The maximum absolute atomic E-state index is 12.2. The number of carboxylic acid groups (broad SMARTS) is 1. The molecule has 5 heteroatoms. The molecule has 1 fully saturated rings. The van der Waals surface area contributed by atoms with E-state index in [4.69, 9.17) is 4.74 Å². The quantitative estimate of drug-likeness (QED) is 0.858. The summed E-state index contributed by atoms with van der Waals surface area (Å²) in [6.07, 6.45) is -0.946. The molecule has 1 N–H and O–H groups in total. The van der Waals surface area contributed by atoms with E-state index in [0.29, 0.717) is 5.69 Å². The van der Waals surface area contributed by atoms with Gasteiger partial charge in [-0.15, -0.1) is 0 Å². The Morgan fingerprint density at radius 1 is 1.05 bits per heavy atom. The number of para-hydroxylation sites is 1. The fourth-order valence-corrected chi connectivity index (χ4v) is 2.50. The summed E-state index contributed by atoms with van der Waals surface area (Å²) in [6, 6.07) is 17.1. The molecule has 5 nitrogen and oxygen atoms in total. The number of carboxylic acids is 1. The van der Waals surface area contributed by atoms with Crippen molar-refractivity contribution in [1.29, 1.82) is 0 Å². The fourth-order valence-electron chi connectivity index (χ4n) is 2.50. The number of aliphatic carboxylic acids is 1. The summed E-state index contributed by atoms with van der Waals surface area (Å²) in [5, 5.41) is 9.38. The van der Waals surface area contributed by atoms with E-state index in [-0.39, 0.29) is 12.5 Å². The second-order valence-electron chi connectivity index (χ2n) is 5.04. The number of nitrogens with zero attached hydrogens (tertiary/aromatic N) is 1. The van der Waals surface area contributed by atoms with Gasteiger partial charge in [-0.2, -0.15) is 0 Å². The van der Waals surface area contributed by atoms with Crippen molar-refractivity contribution in [2.45, 2.75) is 18.8 Å². The monoisotopic (exact) mass is 297 g/mol. The number of rotatable bonds is 5. The molecule has 3 rings (SSSR count). The van der Waals surface area contributed by atoms with Gasteiger partial charge in [0.05, 0.1) is 6.61 Å². The molecular weight excluding hydrogens is 282 g/mol. The third kappa shape index (κ3) is 2.58. The first kappa shape index (κ1) is 14.3. The van der Waals surface area contributed by atoms with E-state index in [1.165, 1.54) is 4.90 Å². The molecule has 0 radical (unpaired) electrons. The van der Waals surface area contributed by atoms with Crippen LogP contribution in [0.4, 0.5) is 5.69 Å². The smallest absolute Gasteiger partial charge is 0.330 e. The summed E-state index contributed by atoms with van der Waals surface area (Å²) >= 11 is 0. The zero-order valence-electron chi connectivity index (χ0n) is 11.8. The first-order chi connectivity index (χ1) is 10.7. The number of benzene rings is 2. The summed E-state index contributed by atoms with van der Waals surface area (Å²) < 4.78 is 5.53. The molecule has 112 valence electrons. The molecule has 22 heavy (non-hydrogen) atoms. The van der Waals surface area contributed by atoms with Crippen molar-refractivity contribution in [2.75, 3.05) is 4.90 Å². The molecule has 1 saturated heterocycles. The van der Waals surface area contributed by atoms with Gasteiger partial charge in [-0.1, -0.05) is 48.5 Å². The molecule has 1 amide bonds. The second-order valence-corrected chi connectivity index (χ2v) is 5.04. The van der Waals surface area contributed by atoms with E-state index in [0.717, 1.165) is 5.56 Å². The van der Waals surface area contributed by atoms with Crippen LogP contribution in [-0.2, 0) is 20.9 Å². The number of hydrogen-bond acceptors (Lipinski definition) is 3. The molecule has 0 aromatic heterocycles. The third-order valence-electron chi connectivity index (χ3n) is 3.61. The summed E-state index contributed by atoms with van der Waals surface area (Å²) in [4.78, 5) is 25.0. The van der Waals surface area contributed by atoms with Gasteiger partial charge in [0, 0.05) is 5.69 Å². The van der Waals surface area contributed by atoms with Crippen LogP contribution in [0, 0.1) is 0 Å². The minimum atomic E-state index is -1.07. The van der Waals surface area contributed by atoms with Crippen molar-refractivity contribution in [1.82, 2.24) is 0 Å². The number of amides is 1. The van der Waals surface area contributed by atoms with Crippen LogP contribution in [0.25, 0.3) is 0 Å². The van der Waals surface area contributed by atoms with Gasteiger partial charge < -0.3 is 9.84 Å². The van der Waals surface area contributed by atoms with Crippen molar-refractivity contribution in [3.8, 4) is 0 Å². The van der Waals surface area contributed by atoms with E-state index < -0.39 is 18.1 Å². The van der Waals surface area contributed by atoms with Gasteiger partial charge in [-0.3, -0.25) is 9.69 Å². The van der Waals surface area contributed by atoms with Crippen LogP contribution >= 0.6 is 0 Å². The molecular formula is C17H15NO4. The molecule has 0 aliphatic carbocycles. The molecule has 0 saturated carbocycles. The minimum absolute atomic E-state index is 0.212. The minimum Gasteiger partial charge on any atom is -0.480 e.